The molecule has 0 bridgehead atoms. The van der Waals surface area contributed by atoms with E-state index >= 15 is 0 Å². The molecular weight excluding hydrogens is 378 g/mol. The number of thiophene rings is 1. The van der Waals surface area contributed by atoms with Gasteiger partial charge in [0.05, 0.1) is 21.1 Å². The first kappa shape index (κ1) is 17.8. The van der Waals surface area contributed by atoms with Crippen LogP contribution in [0.5, 0.6) is 0 Å². The number of benzene rings is 2. The molecule has 0 fully saturated rings. The molecule has 27 heavy (non-hydrogen) atoms. The first-order valence-electron chi connectivity index (χ1n) is 8.61. The molecule has 1 aromatic heterocycles. The highest BCUT2D eigenvalue weighted by Crippen LogP contribution is 2.30. The molecule has 1 aliphatic rings. The molecule has 0 saturated heterocycles. The van der Waals surface area contributed by atoms with Crippen molar-refractivity contribution in [3.05, 3.63) is 65.5 Å². The Morgan fingerprint density at radius 3 is 2.63 bits per heavy atom. The lowest BCUT2D eigenvalue weighted by molar-refractivity contribution is 0.102. The Morgan fingerprint density at radius 1 is 1.15 bits per heavy atom. The van der Waals surface area contributed by atoms with Crippen molar-refractivity contribution in [1.29, 1.82) is 0 Å². The number of nitrogens with one attached hydrogen (secondary N) is 1. The average Bonchev–Trinajstić information content (AvgIpc) is 3.36. The van der Waals surface area contributed by atoms with Gasteiger partial charge in [-0.25, -0.2) is 8.57 Å². The van der Waals surface area contributed by atoms with Crippen LogP contribution in [0.3, 0.4) is 0 Å². The molecule has 0 saturated carbocycles. The second-order valence-corrected chi connectivity index (χ2v) is 9.68. The minimum absolute atomic E-state index is 0.255. The fourth-order valence-electron chi connectivity index (χ4n) is 3.00. The van der Waals surface area contributed by atoms with Gasteiger partial charge in [-0.05, 0) is 59.8 Å². The average molecular weight is 398 g/mol. The van der Waals surface area contributed by atoms with E-state index in [4.69, 9.17) is 5.73 Å². The van der Waals surface area contributed by atoms with Crippen LogP contribution in [0.1, 0.15) is 16.8 Å². The summed E-state index contributed by atoms with van der Waals surface area (Å²) in [6.07, 6.45) is 0.848. The minimum atomic E-state index is -2.30. The number of carbonyl (C=O) groups is 1. The van der Waals surface area contributed by atoms with Gasteiger partial charge >= 0.3 is 0 Å². The van der Waals surface area contributed by atoms with E-state index in [-0.39, 0.29) is 5.91 Å². The van der Waals surface area contributed by atoms with E-state index in [2.05, 4.69) is 9.68 Å². The van der Waals surface area contributed by atoms with Crippen molar-refractivity contribution in [3.63, 3.8) is 0 Å². The smallest absolute Gasteiger partial charge is 0.255 e. The Labute approximate surface area is 162 Å². The molecule has 138 valence electrons. The van der Waals surface area contributed by atoms with Crippen LogP contribution < -0.4 is 11.1 Å². The van der Waals surface area contributed by atoms with E-state index in [0.29, 0.717) is 34.1 Å². The molecule has 2 heterocycles. The summed E-state index contributed by atoms with van der Waals surface area (Å²) < 4.78 is 16.9. The number of carbonyl (C=O) groups excluding carboxylic acids is 1. The topological polar surface area (TPSA) is 84.5 Å². The Bertz CT molecular complexity index is 1100. The fraction of sp³-hybridized carbons (Fsp3) is 0.150. The van der Waals surface area contributed by atoms with E-state index in [1.165, 1.54) is 0 Å². The first-order valence-corrected chi connectivity index (χ1v) is 11.2. The number of nitrogens with zero attached hydrogens (tertiary/aromatic N) is 1. The molecule has 1 unspecified atom stereocenters. The van der Waals surface area contributed by atoms with Crippen LogP contribution in [-0.2, 0) is 9.73 Å². The monoisotopic (exact) mass is 397 g/mol. The highest BCUT2D eigenvalue weighted by Gasteiger charge is 2.18. The van der Waals surface area contributed by atoms with Gasteiger partial charge in [0.15, 0.2) is 0 Å². The van der Waals surface area contributed by atoms with Gasteiger partial charge in [-0.1, -0.05) is 12.1 Å². The predicted octanol–water partition coefficient (Wildman–Crippen LogP) is 4.48. The van der Waals surface area contributed by atoms with Crippen molar-refractivity contribution in [2.45, 2.75) is 11.3 Å². The minimum Gasteiger partial charge on any atom is -0.397 e. The zero-order valence-electron chi connectivity index (χ0n) is 14.6. The second kappa shape index (κ2) is 7.17. The third kappa shape index (κ3) is 3.61. The van der Waals surface area contributed by atoms with Crippen LogP contribution in [0, 0.1) is 0 Å². The van der Waals surface area contributed by atoms with Gasteiger partial charge in [-0.15, -0.1) is 11.3 Å². The maximum absolute atomic E-state index is 12.7. The zero-order valence-corrected chi connectivity index (χ0v) is 16.2. The second-order valence-electron chi connectivity index (χ2n) is 6.31. The van der Waals surface area contributed by atoms with Crippen LogP contribution in [0.4, 0.5) is 11.4 Å². The highest BCUT2D eigenvalue weighted by molar-refractivity contribution is 7.93. The maximum Gasteiger partial charge on any atom is 0.255 e. The molecule has 5 nitrogen and oxygen atoms in total. The molecule has 4 rings (SSSR count). The van der Waals surface area contributed by atoms with Crippen molar-refractivity contribution in [2.24, 2.45) is 4.36 Å². The summed E-state index contributed by atoms with van der Waals surface area (Å²) in [7, 11) is -2.30. The maximum atomic E-state index is 12.7. The summed E-state index contributed by atoms with van der Waals surface area (Å²) in [5.74, 6) is 0.333. The number of amides is 1. The summed E-state index contributed by atoms with van der Waals surface area (Å²) in [5, 5.41) is 4.88. The number of hydrogen-bond acceptors (Lipinski definition) is 5. The van der Waals surface area contributed by atoms with Crippen LogP contribution in [0.25, 0.3) is 10.4 Å². The lowest BCUT2D eigenvalue weighted by Crippen LogP contribution is -2.13. The molecule has 2 aromatic carbocycles. The van der Waals surface area contributed by atoms with Crippen molar-refractivity contribution >= 4 is 38.3 Å². The number of anilines is 2. The fourth-order valence-corrected chi connectivity index (χ4v) is 5.75. The Kier molecular flexibility index (Phi) is 4.72. The van der Waals surface area contributed by atoms with Crippen molar-refractivity contribution in [1.82, 2.24) is 0 Å². The third-order valence-corrected chi connectivity index (χ3v) is 7.84. The van der Waals surface area contributed by atoms with Crippen molar-refractivity contribution in [2.75, 3.05) is 23.3 Å². The van der Waals surface area contributed by atoms with Gasteiger partial charge < -0.3 is 11.1 Å². The lowest BCUT2D eigenvalue weighted by atomic mass is 10.1. The first-order chi connectivity index (χ1) is 13.0. The van der Waals surface area contributed by atoms with E-state index in [1.54, 1.807) is 41.7 Å². The molecule has 0 radical (unpaired) electrons. The Hall–Kier alpha value is -2.64. The van der Waals surface area contributed by atoms with Crippen LogP contribution in [0.2, 0.25) is 0 Å². The summed E-state index contributed by atoms with van der Waals surface area (Å²) in [5.41, 5.74) is 8.61. The van der Waals surface area contributed by atoms with E-state index in [0.717, 1.165) is 16.9 Å². The van der Waals surface area contributed by atoms with E-state index < -0.39 is 9.73 Å². The molecule has 0 spiro atoms. The molecule has 1 atom stereocenters. The number of nitrogens with two attached hydrogens (primary N) is 1. The SMILES string of the molecule is Nc1ccc(-c2cccs2)cc1NC(=O)c1ccc(S2(=O)=NCCC2)cc1. The molecule has 3 aromatic rings. The summed E-state index contributed by atoms with van der Waals surface area (Å²) in [6.45, 7) is 0.640. The molecule has 7 heteroatoms. The van der Waals surface area contributed by atoms with Crippen molar-refractivity contribution in [3.8, 4) is 10.4 Å². The molecule has 1 aliphatic heterocycles. The summed E-state index contributed by atoms with van der Waals surface area (Å²) in [4.78, 5) is 14.4. The van der Waals surface area contributed by atoms with E-state index in [9.17, 15) is 9.00 Å². The van der Waals surface area contributed by atoms with Gasteiger partial charge in [0.1, 0.15) is 0 Å². The van der Waals surface area contributed by atoms with Gasteiger partial charge in [0.25, 0.3) is 5.91 Å². The third-order valence-electron chi connectivity index (χ3n) is 4.47. The van der Waals surface area contributed by atoms with Crippen molar-refractivity contribution < 1.29 is 9.00 Å². The van der Waals surface area contributed by atoms with Gasteiger partial charge in [-0.3, -0.25) is 4.79 Å². The lowest BCUT2D eigenvalue weighted by Gasteiger charge is -2.11. The normalized spacial score (nSPS) is 18.8. The Morgan fingerprint density at radius 2 is 1.96 bits per heavy atom. The standard InChI is InChI=1S/C20H19N3O2S2/c21-17-9-6-15(19-3-1-11-26-19)13-18(17)23-20(24)14-4-7-16(8-5-14)27(25)12-2-10-22-27/h1,3-9,11,13H,2,10,12,21H2,(H,23,24). The number of nitrogen functional groups attached to an aromatic ring is 1. The number of hydrogen-bond donors (Lipinski definition) is 2. The van der Waals surface area contributed by atoms with Crippen LogP contribution in [0.15, 0.2) is 69.2 Å². The molecule has 3 N–H and O–H groups in total. The summed E-state index contributed by atoms with van der Waals surface area (Å²) >= 11 is 1.63. The van der Waals surface area contributed by atoms with Gasteiger partial charge in [0.2, 0.25) is 0 Å². The Balaban J connectivity index is 1.56. The highest BCUT2D eigenvalue weighted by atomic mass is 32.2. The zero-order chi connectivity index (χ0) is 18.9. The molecular formula is C20H19N3O2S2. The largest absolute Gasteiger partial charge is 0.397 e. The van der Waals surface area contributed by atoms with Gasteiger partial charge in [-0.2, -0.15) is 0 Å². The quantitative estimate of drug-likeness (QED) is 0.637. The predicted molar refractivity (Wildman–Crippen MR) is 112 cm³/mol. The van der Waals surface area contributed by atoms with Crippen LogP contribution in [-0.4, -0.2) is 22.4 Å². The van der Waals surface area contributed by atoms with Gasteiger partial charge in [0, 0.05) is 27.6 Å². The summed E-state index contributed by atoms with van der Waals surface area (Å²) in [6, 6.07) is 16.5. The van der Waals surface area contributed by atoms with E-state index in [1.807, 2.05) is 29.6 Å². The van der Waals surface area contributed by atoms with Crippen LogP contribution >= 0.6 is 11.3 Å². The molecule has 0 aliphatic carbocycles. The number of rotatable bonds is 4. The molecule has 1 amide bonds.